The molecular formula is C26H24FN7O2. The van der Waals surface area contributed by atoms with E-state index in [1.54, 1.807) is 49.0 Å². The zero-order valence-electron chi connectivity index (χ0n) is 19.9. The molecule has 0 atom stereocenters. The van der Waals surface area contributed by atoms with E-state index in [-0.39, 0.29) is 35.2 Å². The van der Waals surface area contributed by atoms with E-state index >= 15 is 0 Å². The van der Waals surface area contributed by atoms with Crippen LogP contribution in [0.3, 0.4) is 0 Å². The zero-order chi connectivity index (χ0) is 25.0. The summed E-state index contributed by atoms with van der Waals surface area (Å²) < 4.78 is 15.9. The number of hydrogen-bond donors (Lipinski definition) is 2. The molecule has 1 saturated carbocycles. The van der Waals surface area contributed by atoms with Crippen LogP contribution < -0.4 is 10.6 Å². The van der Waals surface area contributed by atoms with Gasteiger partial charge >= 0.3 is 0 Å². The number of benzene rings is 1. The van der Waals surface area contributed by atoms with Crippen LogP contribution in [0.2, 0.25) is 0 Å². The molecule has 4 heterocycles. The maximum absolute atomic E-state index is 14.2. The van der Waals surface area contributed by atoms with Gasteiger partial charge in [0.25, 0.3) is 5.91 Å². The smallest absolute Gasteiger partial charge is 0.270 e. The lowest BCUT2D eigenvalue weighted by Gasteiger charge is -2.18. The Bertz CT molecular complexity index is 1540. The van der Waals surface area contributed by atoms with Crippen LogP contribution in [0, 0.1) is 5.82 Å². The molecule has 0 spiro atoms. The van der Waals surface area contributed by atoms with Crippen LogP contribution in [0.5, 0.6) is 0 Å². The number of pyridine rings is 1. The number of nitrogens with zero attached hydrogens (tertiary/aromatic N) is 5. The predicted octanol–water partition coefficient (Wildman–Crippen LogP) is 3.39. The fraction of sp³-hybridized carbons (Fsp3) is 0.308. The second-order valence-corrected chi connectivity index (χ2v) is 9.73. The highest BCUT2D eigenvalue weighted by Crippen LogP contribution is 2.40. The van der Waals surface area contributed by atoms with Gasteiger partial charge in [-0.2, -0.15) is 5.10 Å². The van der Waals surface area contributed by atoms with Gasteiger partial charge in [-0.3, -0.25) is 9.59 Å². The molecule has 10 heteroatoms. The highest BCUT2D eigenvalue weighted by molar-refractivity contribution is 6.09. The first-order valence-corrected chi connectivity index (χ1v) is 11.9. The summed E-state index contributed by atoms with van der Waals surface area (Å²) in [6.07, 6.45) is 3.93. The van der Waals surface area contributed by atoms with Gasteiger partial charge in [-0.25, -0.2) is 24.0 Å². The third-order valence-electron chi connectivity index (χ3n) is 6.73. The second-order valence-electron chi connectivity index (χ2n) is 9.73. The molecule has 36 heavy (non-hydrogen) atoms. The lowest BCUT2D eigenvalue weighted by Crippen LogP contribution is -2.32. The van der Waals surface area contributed by atoms with Crippen LogP contribution in [0.15, 0.2) is 42.6 Å². The lowest BCUT2D eigenvalue weighted by molar-refractivity contribution is -0.119. The average Bonchev–Trinajstić information content (AvgIpc) is 3.55. The Morgan fingerprint density at radius 3 is 2.78 bits per heavy atom. The van der Waals surface area contributed by atoms with E-state index in [4.69, 9.17) is 5.10 Å². The highest BCUT2D eigenvalue weighted by Gasteiger charge is 2.44. The van der Waals surface area contributed by atoms with E-state index < -0.39 is 5.41 Å². The molecule has 0 radical (unpaired) electrons. The molecule has 0 saturated heterocycles. The summed E-state index contributed by atoms with van der Waals surface area (Å²) in [7, 11) is 0. The van der Waals surface area contributed by atoms with Crippen LogP contribution in [0.4, 0.5) is 10.2 Å². The van der Waals surface area contributed by atoms with Crippen LogP contribution in [-0.4, -0.2) is 42.6 Å². The average molecular weight is 486 g/mol. The van der Waals surface area contributed by atoms with Crippen molar-refractivity contribution in [2.75, 3.05) is 5.32 Å². The van der Waals surface area contributed by atoms with Crippen molar-refractivity contribution in [2.24, 2.45) is 0 Å². The topological polar surface area (TPSA) is 115 Å². The number of aryl methyl sites for hydroxylation is 2. The number of halogens is 1. The molecule has 1 aliphatic carbocycles. The van der Waals surface area contributed by atoms with Gasteiger partial charge in [0, 0.05) is 24.3 Å². The molecule has 2 aliphatic rings. The first-order chi connectivity index (χ1) is 17.3. The number of carbonyl (C=O) groups is 2. The number of rotatable bonds is 6. The molecule has 1 fully saturated rings. The number of aromatic nitrogens is 5. The molecule has 0 unspecified atom stereocenters. The standard InChI is InChI=1S/C26H24FN7O2/c1-26(2)18-20(24(35)29-15-9-10-15)30-22(31-21(18)32-25(26)36)19-16-7-5-12-28-23(16)34(33-19)13-11-14-6-3-4-8-17(14)27/h3-8,12,15H,9-11,13H2,1-2H3,(H,29,35)(H,30,31,32,36). The molecule has 3 aromatic heterocycles. The first kappa shape index (κ1) is 22.3. The molecule has 9 nitrogen and oxygen atoms in total. The van der Waals surface area contributed by atoms with Crippen molar-refractivity contribution < 1.29 is 14.0 Å². The normalized spacial score (nSPS) is 16.1. The van der Waals surface area contributed by atoms with E-state index in [1.165, 1.54) is 6.07 Å². The molecule has 182 valence electrons. The summed E-state index contributed by atoms with van der Waals surface area (Å²) in [5.74, 6) is -0.312. The summed E-state index contributed by atoms with van der Waals surface area (Å²) in [6, 6.07) is 10.4. The van der Waals surface area contributed by atoms with Crippen molar-refractivity contribution in [3.05, 3.63) is 65.2 Å². The molecule has 1 aromatic carbocycles. The van der Waals surface area contributed by atoms with E-state index in [1.807, 2.05) is 6.07 Å². The van der Waals surface area contributed by atoms with Gasteiger partial charge in [0.2, 0.25) is 5.91 Å². The fourth-order valence-corrected chi connectivity index (χ4v) is 4.53. The number of nitrogens with one attached hydrogen (secondary N) is 2. The number of anilines is 1. The monoisotopic (exact) mass is 485 g/mol. The Morgan fingerprint density at radius 1 is 1.19 bits per heavy atom. The van der Waals surface area contributed by atoms with Crippen LogP contribution in [0.25, 0.3) is 22.6 Å². The van der Waals surface area contributed by atoms with E-state index in [0.29, 0.717) is 46.6 Å². The molecule has 2 N–H and O–H groups in total. The Morgan fingerprint density at radius 2 is 2.00 bits per heavy atom. The Balaban J connectivity index is 1.45. The quantitative estimate of drug-likeness (QED) is 0.433. The van der Waals surface area contributed by atoms with Crippen LogP contribution >= 0.6 is 0 Å². The van der Waals surface area contributed by atoms with Crippen molar-refractivity contribution in [3.8, 4) is 11.5 Å². The van der Waals surface area contributed by atoms with Gasteiger partial charge in [0.1, 0.15) is 23.0 Å². The number of amides is 2. The minimum absolute atomic E-state index is 0.127. The van der Waals surface area contributed by atoms with Crippen molar-refractivity contribution in [3.63, 3.8) is 0 Å². The van der Waals surface area contributed by atoms with Gasteiger partial charge in [-0.15, -0.1) is 0 Å². The van der Waals surface area contributed by atoms with E-state index in [9.17, 15) is 14.0 Å². The summed E-state index contributed by atoms with van der Waals surface area (Å²) in [6.45, 7) is 3.89. The number of carbonyl (C=O) groups excluding carboxylic acids is 2. The van der Waals surface area contributed by atoms with Crippen molar-refractivity contribution in [1.82, 2.24) is 30.0 Å². The summed E-state index contributed by atoms with van der Waals surface area (Å²) in [5.41, 5.74) is 1.32. The lowest BCUT2D eigenvalue weighted by atomic mass is 9.85. The maximum atomic E-state index is 14.2. The Labute approximate surface area is 206 Å². The largest absolute Gasteiger partial charge is 0.348 e. The molecule has 4 aromatic rings. The summed E-state index contributed by atoms with van der Waals surface area (Å²) in [4.78, 5) is 39.6. The first-order valence-electron chi connectivity index (χ1n) is 11.9. The number of fused-ring (bicyclic) bond motifs is 2. The van der Waals surface area contributed by atoms with Crippen molar-refractivity contribution >= 4 is 28.7 Å². The van der Waals surface area contributed by atoms with Gasteiger partial charge in [-0.1, -0.05) is 18.2 Å². The van der Waals surface area contributed by atoms with Crippen LogP contribution in [-0.2, 0) is 23.2 Å². The molecule has 0 bridgehead atoms. The Hall–Kier alpha value is -4.21. The van der Waals surface area contributed by atoms with E-state index in [0.717, 1.165) is 12.8 Å². The predicted molar refractivity (Wildman–Crippen MR) is 131 cm³/mol. The second kappa shape index (κ2) is 8.18. The van der Waals surface area contributed by atoms with Gasteiger partial charge < -0.3 is 10.6 Å². The molecule has 2 amide bonds. The van der Waals surface area contributed by atoms with E-state index in [2.05, 4.69) is 25.6 Å². The molecule has 6 rings (SSSR count). The fourth-order valence-electron chi connectivity index (χ4n) is 4.53. The minimum Gasteiger partial charge on any atom is -0.348 e. The van der Waals surface area contributed by atoms with Gasteiger partial charge in [0.05, 0.1) is 10.8 Å². The van der Waals surface area contributed by atoms with Crippen LogP contribution in [0.1, 0.15) is 48.3 Å². The van der Waals surface area contributed by atoms with Gasteiger partial charge in [0.15, 0.2) is 11.5 Å². The molecule has 1 aliphatic heterocycles. The number of hydrogen-bond acceptors (Lipinski definition) is 6. The Kier molecular flexibility index (Phi) is 5.06. The minimum atomic E-state index is -0.952. The summed E-state index contributed by atoms with van der Waals surface area (Å²) >= 11 is 0. The third kappa shape index (κ3) is 3.69. The maximum Gasteiger partial charge on any atom is 0.270 e. The SMILES string of the molecule is CC1(C)C(=O)Nc2nc(-c3nn(CCc4ccccc4F)c4ncccc34)nc(C(=O)NC3CC3)c21. The highest BCUT2D eigenvalue weighted by atomic mass is 19.1. The van der Waals surface area contributed by atoms with Gasteiger partial charge in [-0.05, 0) is 56.9 Å². The summed E-state index contributed by atoms with van der Waals surface area (Å²) in [5, 5.41) is 11.2. The molecular weight excluding hydrogens is 461 g/mol. The third-order valence-corrected chi connectivity index (χ3v) is 6.73. The van der Waals surface area contributed by atoms with Crippen molar-refractivity contribution in [1.29, 1.82) is 0 Å². The van der Waals surface area contributed by atoms with Crippen molar-refractivity contribution in [2.45, 2.75) is 51.1 Å². The zero-order valence-corrected chi connectivity index (χ0v) is 19.9.